The van der Waals surface area contributed by atoms with E-state index in [1.165, 1.54) is 16.2 Å². The summed E-state index contributed by atoms with van der Waals surface area (Å²) in [6, 6.07) is 10.3. The van der Waals surface area contributed by atoms with Gasteiger partial charge in [-0.05, 0) is 26.2 Å². The Balaban J connectivity index is 2.06. The molecule has 11 heteroatoms. The van der Waals surface area contributed by atoms with E-state index in [4.69, 9.17) is 0 Å². The van der Waals surface area contributed by atoms with Crippen LogP contribution in [0.5, 0.6) is 0 Å². The zero-order chi connectivity index (χ0) is 21.1. The van der Waals surface area contributed by atoms with Gasteiger partial charge in [0.05, 0.1) is 31.7 Å². The maximum absolute atomic E-state index is 13.2. The van der Waals surface area contributed by atoms with Gasteiger partial charge in [0.25, 0.3) is 17.3 Å². The van der Waals surface area contributed by atoms with Crippen LogP contribution < -0.4 is 4.90 Å². The molecule has 0 spiro atoms. The zero-order valence-electron chi connectivity index (χ0n) is 15.6. The van der Waals surface area contributed by atoms with Crippen LogP contribution in [0.25, 0.3) is 10.2 Å². The third-order valence-corrected chi connectivity index (χ3v) is 5.16. The number of thiazole rings is 1. The third kappa shape index (κ3) is 4.52. The highest BCUT2D eigenvalue weighted by Crippen LogP contribution is 2.31. The molecule has 0 saturated carbocycles. The van der Waals surface area contributed by atoms with Crippen molar-refractivity contribution in [2.45, 2.75) is 0 Å². The molecule has 10 nitrogen and oxygen atoms in total. The lowest BCUT2D eigenvalue weighted by molar-refractivity contribution is -0.394. The van der Waals surface area contributed by atoms with E-state index in [1.54, 1.807) is 0 Å². The minimum Gasteiger partial charge on any atom is -0.308 e. The highest BCUT2D eigenvalue weighted by atomic mass is 32.1. The first kappa shape index (κ1) is 20.3. The average molecular weight is 415 g/mol. The lowest BCUT2D eigenvalue weighted by Gasteiger charge is -2.22. The van der Waals surface area contributed by atoms with Crippen molar-refractivity contribution in [3.8, 4) is 0 Å². The molecule has 0 unspecified atom stereocenters. The van der Waals surface area contributed by atoms with Crippen LogP contribution in [0.15, 0.2) is 42.5 Å². The summed E-state index contributed by atoms with van der Waals surface area (Å²) in [6.07, 6.45) is 0. The molecule has 0 saturated heterocycles. The second-order valence-corrected chi connectivity index (χ2v) is 7.49. The van der Waals surface area contributed by atoms with Gasteiger partial charge >= 0.3 is 0 Å². The molecule has 0 bridgehead atoms. The number of aromatic nitrogens is 1. The van der Waals surface area contributed by atoms with Crippen molar-refractivity contribution in [1.82, 2.24) is 9.88 Å². The van der Waals surface area contributed by atoms with Crippen molar-refractivity contribution in [2.24, 2.45) is 0 Å². The van der Waals surface area contributed by atoms with Gasteiger partial charge in [-0.3, -0.25) is 29.9 Å². The van der Waals surface area contributed by atoms with Crippen molar-refractivity contribution in [1.29, 1.82) is 0 Å². The Kier molecular flexibility index (Phi) is 5.80. The number of non-ortho nitro benzene ring substituents is 2. The van der Waals surface area contributed by atoms with Gasteiger partial charge in [-0.2, -0.15) is 0 Å². The lowest BCUT2D eigenvalue weighted by Crippen LogP contribution is -2.36. The minimum absolute atomic E-state index is 0.135. The molecule has 1 heterocycles. The van der Waals surface area contributed by atoms with E-state index < -0.39 is 27.1 Å². The first-order chi connectivity index (χ1) is 13.8. The molecule has 3 aromatic rings. The fourth-order valence-electron chi connectivity index (χ4n) is 2.64. The molecule has 2 aromatic carbocycles. The Morgan fingerprint density at radius 1 is 1.03 bits per heavy atom. The largest absolute Gasteiger partial charge is 0.308 e. The Labute approximate surface area is 169 Å². The van der Waals surface area contributed by atoms with E-state index >= 15 is 0 Å². The number of rotatable bonds is 7. The van der Waals surface area contributed by atoms with Gasteiger partial charge in [0.15, 0.2) is 5.13 Å². The molecule has 0 radical (unpaired) electrons. The molecule has 1 amide bonds. The minimum atomic E-state index is -0.758. The number of nitro benzene ring substituents is 2. The molecule has 0 aliphatic carbocycles. The zero-order valence-corrected chi connectivity index (χ0v) is 16.5. The Morgan fingerprint density at radius 3 is 2.21 bits per heavy atom. The summed E-state index contributed by atoms with van der Waals surface area (Å²) in [4.78, 5) is 41.8. The van der Waals surface area contributed by atoms with E-state index in [1.807, 2.05) is 43.3 Å². The molecule has 0 fully saturated rings. The molecule has 3 rings (SSSR count). The van der Waals surface area contributed by atoms with Gasteiger partial charge in [0, 0.05) is 25.2 Å². The van der Waals surface area contributed by atoms with Gasteiger partial charge in [-0.25, -0.2) is 4.98 Å². The number of hydrogen-bond acceptors (Lipinski definition) is 8. The smallest absolute Gasteiger partial charge is 0.277 e. The first-order valence-corrected chi connectivity index (χ1v) is 9.34. The summed E-state index contributed by atoms with van der Waals surface area (Å²) in [6.45, 7) is 0.779. The van der Waals surface area contributed by atoms with E-state index in [0.717, 1.165) is 28.4 Å². The topological polar surface area (TPSA) is 123 Å². The number of nitrogens with zero attached hydrogens (tertiary/aromatic N) is 5. The number of fused-ring (bicyclic) bond motifs is 1. The molecular formula is C18H17N5O5S. The van der Waals surface area contributed by atoms with Gasteiger partial charge in [-0.1, -0.05) is 23.5 Å². The number of benzene rings is 2. The lowest BCUT2D eigenvalue weighted by atomic mass is 10.1. The Morgan fingerprint density at radius 2 is 1.66 bits per heavy atom. The number of carbonyl (C=O) groups excluding carboxylic acids is 1. The Bertz CT molecular complexity index is 1030. The first-order valence-electron chi connectivity index (χ1n) is 8.52. The molecule has 0 aliphatic rings. The molecule has 0 aliphatic heterocycles. The van der Waals surface area contributed by atoms with Crippen LogP contribution in [0.2, 0.25) is 0 Å². The fraction of sp³-hybridized carbons (Fsp3) is 0.222. The van der Waals surface area contributed by atoms with Gasteiger partial charge in [0.2, 0.25) is 0 Å². The number of anilines is 1. The van der Waals surface area contributed by atoms with Crippen LogP contribution in [0.4, 0.5) is 16.5 Å². The van der Waals surface area contributed by atoms with E-state index in [9.17, 15) is 25.0 Å². The molecule has 150 valence electrons. The van der Waals surface area contributed by atoms with Crippen LogP contribution in [0.3, 0.4) is 0 Å². The van der Waals surface area contributed by atoms with Crippen molar-refractivity contribution >= 4 is 44.0 Å². The second kappa shape index (κ2) is 8.29. The summed E-state index contributed by atoms with van der Waals surface area (Å²) < 4.78 is 0.884. The maximum atomic E-state index is 13.2. The normalized spacial score (nSPS) is 11.0. The highest BCUT2D eigenvalue weighted by Gasteiger charge is 2.26. The summed E-state index contributed by atoms with van der Waals surface area (Å²) in [5.41, 5.74) is -0.442. The molecule has 1 aromatic heterocycles. The predicted octanol–water partition coefficient (Wildman–Crippen LogP) is 3.32. The van der Waals surface area contributed by atoms with E-state index in [-0.39, 0.29) is 12.1 Å². The van der Waals surface area contributed by atoms with Crippen LogP contribution in [-0.4, -0.2) is 52.8 Å². The number of hydrogen-bond donors (Lipinski definition) is 0. The standard InChI is InChI=1S/C18H17N5O5S/c1-20(2)7-8-21(18-19-15-5-3-4-6-16(15)29-18)17(24)12-9-13(22(25)26)11-14(10-12)23(27)28/h3-6,9-11H,7-8H2,1-2H3. The van der Waals surface area contributed by atoms with Crippen LogP contribution in [0, 0.1) is 20.2 Å². The molecule has 0 atom stereocenters. The van der Waals surface area contributed by atoms with Crippen LogP contribution in [0.1, 0.15) is 10.4 Å². The van der Waals surface area contributed by atoms with Crippen molar-refractivity contribution in [3.63, 3.8) is 0 Å². The third-order valence-electron chi connectivity index (χ3n) is 4.10. The summed E-state index contributed by atoms with van der Waals surface area (Å²) >= 11 is 1.31. The summed E-state index contributed by atoms with van der Waals surface area (Å²) in [5.74, 6) is -0.585. The van der Waals surface area contributed by atoms with Gasteiger partial charge in [-0.15, -0.1) is 0 Å². The second-order valence-electron chi connectivity index (χ2n) is 6.48. The van der Waals surface area contributed by atoms with Crippen LogP contribution in [-0.2, 0) is 0 Å². The molecule has 0 N–H and O–H groups in total. The number of nitro groups is 2. The number of likely N-dealkylation sites (N-methyl/N-ethyl adjacent to an activating group) is 1. The van der Waals surface area contributed by atoms with Crippen molar-refractivity contribution < 1.29 is 14.6 Å². The summed E-state index contributed by atoms with van der Waals surface area (Å²) in [5, 5.41) is 22.8. The molecular weight excluding hydrogens is 398 g/mol. The quantitative estimate of drug-likeness (QED) is 0.428. The summed E-state index contributed by atoms with van der Waals surface area (Å²) in [7, 11) is 3.69. The van der Waals surface area contributed by atoms with Crippen LogP contribution >= 0.6 is 11.3 Å². The molecule has 29 heavy (non-hydrogen) atoms. The number of amides is 1. The van der Waals surface area contributed by atoms with Gasteiger partial charge in [0.1, 0.15) is 0 Å². The van der Waals surface area contributed by atoms with Crippen molar-refractivity contribution in [2.75, 3.05) is 32.1 Å². The fourth-order valence-corrected chi connectivity index (χ4v) is 3.63. The number of para-hydroxylation sites is 1. The van der Waals surface area contributed by atoms with E-state index in [0.29, 0.717) is 11.7 Å². The Hall–Kier alpha value is -3.44. The monoisotopic (exact) mass is 415 g/mol. The van der Waals surface area contributed by atoms with Crippen molar-refractivity contribution in [3.05, 3.63) is 68.3 Å². The van der Waals surface area contributed by atoms with Gasteiger partial charge < -0.3 is 4.90 Å². The number of carbonyl (C=O) groups is 1. The van der Waals surface area contributed by atoms with E-state index in [2.05, 4.69) is 4.98 Å². The SMILES string of the molecule is CN(C)CCN(C(=O)c1cc([N+](=O)[O-])cc([N+](=O)[O-])c1)c1nc2ccccc2s1. The average Bonchev–Trinajstić information content (AvgIpc) is 3.11. The highest BCUT2D eigenvalue weighted by molar-refractivity contribution is 7.22. The maximum Gasteiger partial charge on any atom is 0.277 e. The predicted molar refractivity (Wildman–Crippen MR) is 110 cm³/mol.